The van der Waals surface area contributed by atoms with Crippen molar-refractivity contribution in [1.82, 2.24) is 10.8 Å². The number of nitrogens with zero attached hydrogens (tertiary/aromatic N) is 1. The van der Waals surface area contributed by atoms with Gasteiger partial charge in [-0.15, -0.1) is 0 Å². The fourth-order valence-corrected chi connectivity index (χ4v) is 4.34. The van der Waals surface area contributed by atoms with Crippen LogP contribution in [0.3, 0.4) is 0 Å². The molecule has 0 spiro atoms. The van der Waals surface area contributed by atoms with E-state index in [4.69, 9.17) is 16.8 Å². The summed E-state index contributed by atoms with van der Waals surface area (Å²) in [7, 11) is 0. The zero-order valence-corrected chi connectivity index (χ0v) is 19.2. The molecular formula is C27H28ClN3O2. The van der Waals surface area contributed by atoms with E-state index >= 15 is 0 Å². The Bertz CT molecular complexity index is 1130. The molecule has 1 aliphatic heterocycles. The lowest BCUT2D eigenvalue weighted by Gasteiger charge is -2.27. The van der Waals surface area contributed by atoms with Crippen molar-refractivity contribution in [3.8, 4) is 0 Å². The molecule has 0 atom stereocenters. The summed E-state index contributed by atoms with van der Waals surface area (Å²) in [5, 5.41) is 12.8. The van der Waals surface area contributed by atoms with Gasteiger partial charge in [-0.2, -0.15) is 0 Å². The lowest BCUT2D eigenvalue weighted by atomic mass is 10.0. The lowest BCUT2D eigenvalue weighted by molar-refractivity contribution is -0.124. The van der Waals surface area contributed by atoms with Crippen molar-refractivity contribution in [3.63, 3.8) is 0 Å². The van der Waals surface area contributed by atoms with Gasteiger partial charge in [0.2, 0.25) is 0 Å². The van der Waals surface area contributed by atoms with Crippen LogP contribution in [0.5, 0.6) is 0 Å². The van der Waals surface area contributed by atoms with Gasteiger partial charge in [0.15, 0.2) is 0 Å². The molecule has 1 aliphatic rings. The second kappa shape index (κ2) is 11.1. The molecule has 0 radical (unpaired) electrons. The van der Waals surface area contributed by atoms with Crippen LogP contribution in [-0.2, 0) is 24.2 Å². The van der Waals surface area contributed by atoms with Gasteiger partial charge in [0.05, 0.1) is 0 Å². The van der Waals surface area contributed by atoms with Crippen LogP contribution in [0, 0.1) is 0 Å². The highest BCUT2D eigenvalue weighted by atomic mass is 35.5. The molecule has 0 saturated carbocycles. The van der Waals surface area contributed by atoms with Crippen molar-refractivity contribution in [3.05, 3.63) is 100 Å². The molecule has 4 rings (SSSR count). The van der Waals surface area contributed by atoms with Gasteiger partial charge in [0.1, 0.15) is 0 Å². The fourth-order valence-electron chi connectivity index (χ4n) is 4.18. The van der Waals surface area contributed by atoms with E-state index in [1.807, 2.05) is 30.3 Å². The predicted molar refractivity (Wildman–Crippen MR) is 134 cm³/mol. The number of para-hydroxylation sites is 1. The third-order valence-corrected chi connectivity index (χ3v) is 6.10. The van der Waals surface area contributed by atoms with E-state index in [0.717, 1.165) is 49.5 Å². The van der Waals surface area contributed by atoms with Gasteiger partial charge < -0.3 is 10.2 Å². The molecule has 0 unspecified atom stereocenters. The average molecular weight is 462 g/mol. The van der Waals surface area contributed by atoms with Crippen molar-refractivity contribution in [1.29, 1.82) is 0 Å². The summed E-state index contributed by atoms with van der Waals surface area (Å²) < 4.78 is 0. The summed E-state index contributed by atoms with van der Waals surface area (Å²) >= 11 is 6.35. The van der Waals surface area contributed by atoms with Crippen LogP contribution in [0.4, 0.5) is 11.4 Å². The molecule has 5 nitrogen and oxygen atoms in total. The number of aryl methyl sites for hydroxylation is 2. The minimum Gasteiger partial charge on any atom is -0.341 e. The van der Waals surface area contributed by atoms with Crippen molar-refractivity contribution in [2.24, 2.45) is 0 Å². The number of carbonyl (C=O) groups is 1. The first-order chi connectivity index (χ1) is 16.1. The third-order valence-electron chi connectivity index (χ3n) is 5.87. The molecule has 3 aromatic carbocycles. The minimum atomic E-state index is -0.544. The Morgan fingerprint density at radius 2 is 1.76 bits per heavy atom. The second-order valence-corrected chi connectivity index (χ2v) is 8.57. The first-order valence-corrected chi connectivity index (χ1v) is 11.6. The molecule has 0 fully saturated rings. The average Bonchev–Trinajstić information content (AvgIpc) is 2.99. The molecule has 1 amide bonds. The molecule has 170 valence electrons. The Balaban J connectivity index is 1.34. The van der Waals surface area contributed by atoms with E-state index in [9.17, 15) is 4.79 Å². The van der Waals surface area contributed by atoms with Crippen LogP contribution < -0.4 is 15.7 Å². The van der Waals surface area contributed by atoms with Crippen molar-refractivity contribution < 1.29 is 10.0 Å². The highest BCUT2D eigenvalue weighted by Gasteiger charge is 2.20. The molecular weight excluding hydrogens is 434 g/mol. The topological polar surface area (TPSA) is 64.6 Å². The van der Waals surface area contributed by atoms with E-state index in [-0.39, 0.29) is 0 Å². The number of rotatable bonds is 8. The summed E-state index contributed by atoms with van der Waals surface area (Å²) in [5.41, 5.74) is 8.87. The van der Waals surface area contributed by atoms with E-state index < -0.39 is 5.91 Å². The smallest absolute Gasteiger partial charge is 0.267 e. The number of carbonyl (C=O) groups excluding carboxylic acids is 1. The Morgan fingerprint density at radius 3 is 2.55 bits per heavy atom. The monoisotopic (exact) mass is 461 g/mol. The normalized spacial score (nSPS) is 12.8. The first-order valence-electron chi connectivity index (χ1n) is 11.2. The predicted octanol–water partition coefficient (Wildman–Crippen LogP) is 5.28. The van der Waals surface area contributed by atoms with Crippen molar-refractivity contribution >= 4 is 35.0 Å². The van der Waals surface area contributed by atoms with Crippen LogP contribution in [0.2, 0.25) is 5.02 Å². The Morgan fingerprint density at radius 1 is 1.00 bits per heavy atom. The molecule has 33 heavy (non-hydrogen) atoms. The van der Waals surface area contributed by atoms with Gasteiger partial charge in [0, 0.05) is 35.6 Å². The summed E-state index contributed by atoms with van der Waals surface area (Å²) in [5.74, 6) is -0.544. The maximum Gasteiger partial charge on any atom is 0.267 e. The number of benzene rings is 3. The molecule has 0 aliphatic carbocycles. The maximum absolute atomic E-state index is 11.1. The van der Waals surface area contributed by atoms with Crippen molar-refractivity contribution in [2.75, 3.05) is 18.0 Å². The second-order valence-electron chi connectivity index (χ2n) is 8.13. The quantitative estimate of drug-likeness (QED) is 0.185. The lowest BCUT2D eigenvalue weighted by Crippen LogP contribution is -2.24. The van der Waals surface area contributed by atoms with Crippen LogP contribution in [0.15, 0.2) is 72.8 Å². The summed E-state index contributed by atoms with van der Waals surface area (Å²) in [6, 6.07) is 22.9. The molecule has 6 heteroatoms. The number of hydrogen-bond donors (Lipinski definition) is 3. The summed E-state index contributed by atoms with van der Waals surface area (Å²) in [4.78, 5) is 13.5. The number of hydroxylamine groups is 1. The van der Waals surface area contributed by atoms with Gasteiger partial charge in [-0.05, 0) is 72.3 Å². The Labute approximate surface area is 199 Å². The van der Waals surface area contributed by atoms with E-state index in [2.05, 4.69) is 46.6 Å². The number of nitrogens with one attached hydrogen (secondary N) is 2. The third kappa shape index (κ3) is 6.02. The molecule has 0 aromatic heterocycles. The SMILES string of the molecule is O=C(/C=C/c1ccc(CNCCCN2c3ccccc3CCc3ccc(Cl)cc32)cc1)NO. The highest BCUT2D eigenvalue weighted by Crippen LogP contribution is 2.37. The van der Waals surface area contributed by atoms with Crippen LogP contribution in [0.1, 0.15) is 28.7 Å². The number of fused-ring (bicyclic) bond motifs is 2. The largest absolute Gasteiger partial charge is 0.341 e. The number of anilines is 2. The zero-order chi connectivity index (χ0) is 23.0. The number of halogens is 1. The molecule has 3 aromatic rings. The van der Waals surface area contributed by atoms with Gasteiger partial charge in [0.25, 0.3) is 5.91 Å². The molecule has 3 N–H and O–H groups in total. The zero-order valence-electron chi connectivity index (χ0n) is 18.4. The highest BCUT2D eigenvalue weighted by molar-refractivity contribution is 6.30. The first kappa shape index (κ1) is 23.1. The van der Waals surface area contributed by atoms with Crippen molar-refractivity contribution in [2.45, 2.75) is 25.8 Å². The number of hydrogen-bond acceptors (Lipinski definition) is 4. The Hall–Kier alpha value is -3.12. The van der Waals surface area contributed by atoms with Crippen LogP contribution >= 0.6 is 11.6 Å². The molecule has 0 saturated heterocycles. The number of amides is 1. The van der Waals surface area contributed by atoms with E-state index in [1.54, 1.807) is 11.6 Å². The Kier molecular flexibility index (Phi) is 7.79. The van der Waals surface area contributed by atoms with E-state index in [1.165, 1.54) is 34.1 Å². The van der Waals surface area contributed by atoms with Gasteiger partial charge in [-0.3, -0.25) is 10.0 Å². The van der Waals surface area contributed by atoms with Crippen LogP contribution in [-0.4, -0.2) is 24.2 Å². The molecule has 1 heterocycles. The van der Waals surface area contributed by atoms with E-state index in [0.29, 0.717) is 0 Å². The fraction of sp³-hybridized carbons (Fsp3) is 0.222. The maximum atomic E-state index is 11.1. The van der Waals surface area contributed by atoms with Crippen LogP contribution in [0.25, 0.3) is 6.08 Å². The van der Waals surface area contributed by atoms with Gasteiger partial charge in [-0.25, -0.2) is 5.48 Å². The minimum absolute atomic E-state index is 0.544. The summed E-state index contributed by atoms with van der Waals surface area (Å²) in [6.45, 7) is 2.58. The van der Waals surface area contributed by atoms with Gasteiger partial charge in [-0.1, -0.05) is 60.1 Å². The van der Waals surface area contributed by atoms with Gasteiger partial charge >= 0.3 is 0 Å². The molecule has 0 bridgehead atoms. The summed E-state index contributed by atoms with van der Waals surface area (Å²) in [6.07, 6.45) is 6.01. The standard InChI is InChI=1S/C27H28ClN3O2/c28-24-14-13-23-12-11-22-4-1-2-5-25(22)31(26(23)18-24)17-3-16-29-19-21-8-6-20(7-9-21)10-15-27(32)30-33/h1-2,4-10,13-15,18,29,33H,3,11-12,16-17,19H2,(H,30,32)/b15-10+.